The van der Waals surface area contributed by atoms with E-state index >= 15 is 0 Å². The van der Waals surface area contributed by atoms with Crippen molar-refractivity contribution in [2.75, 3.05) is 0 Å². The van der Waals surface area contributed by atoms with Gasteiger partial charge in [-0.2, -0.15) is 0 Å². The van der Waals surface area contributed by atoms with Gasteiger partial charge in [-0.3, -0.25) is 0 Å². The molecule has 0 heterocycles. The van der Waals surface area contributed by atoms with E-state index in [9.17, 15) is 5.11 Å². The lowest BCUT2D eigenvalue weighted by atomic mass is 9.54. The van der Waals surface area contributed by atoms with Crippen molar-refractivity contribution in [1.29, 1.82) is 0 Å². The van der Waals surface area contributed by atoms with Crippen molar-refractivity contribution < 1.29 is 5.11 Å². The minimum absolute atomic E-state index is 0.147. The molecule has 0 radical (unpaired) electrons. The Morgan fingerprint density at radius 2 is 2.06 bits per heavy atom. The van der Waals surface area contributed by atoms with Crippen LogP contribution in [-0.2, 0) is 0 Å². The van der Waals surface area contributed by atoms with Crippen molar-refractivity contribution in [3.8, 4) is 0 Å². The summed E-state index contributed by atoms with van der Waals surface area (Å²) in [4.78, 5) is 0. The molecule has 2 saturated carbocycles. The smallest absolute Gasteiger partial charge is 0.0641 e. The standard InChI is InChI=1S/C15H26O/c1-10(2)12-7-9-15(4)8-5-6-11(3)13(15)14(12)16/h10,12-14,16H,3,5-9H2,1-2,4H3/t12-,13+,14-,15+/m1/s1. The first-order valence-electron chi connectivity index (χ1n) is 6.81. The van der Waals surface area contributed by atoms with Crippen LogP contribution in [0.4, 0.5) is 0 Å². The van der Waals surface area contributed by atoms with E-state index in [1.807, 2.05) is 0 Å². The number of hydrogen-bond donors (Lipinski definition) is 1. The highest BCUT2D eigenvalue weighted by Crippen LogP contribution is 2.54. The lowest BCUT2D eigenvalue weighted by molar-refractivity contribution is -0.0669. The Balaban J connectivity index is 2.24. The topological polar surface area (TPSA) is 20.2 Å². The monoisotopic (exact) mass is 222 g/mol. The molecule has 2 aliphatic carbocycles. The minimum atomic E-state index is -0.147. The fraction of sp³-hybridized carbons (Fsp3) is 0.867. The van der Waals surface area contributed by atoms with Gasteiger partial charge in [0.1, 0.15) is 0 Å². The van der Waals surface area contributed by atoms with Gasteiger partial charge in [0.2, 0.25) is 0 Å². The lowest BCUT2D eigenvalue weighted by Crippen LogP contribution is -2.48. The molecule has 2 aliphatic rings. The highest BCUT2D eigenvalue weighted by atomic mass is 16.3. The SMILES string of the molecule is C=C1CCC[C@@]2(C)CC[C@H](C(C)C)[C@@H](O)[C@H]12. The van der Waals surface area contributed by atoms with Gasteiger partial charge in [0.15, 0.2) is 0 Å². The van der Waals surface area contributed by atoms with Crippen LogP contribution >= 0.6 is 0 Å². The zero-order valence-corrected chi connectivity index (χ0v) is 11.0. The average Bonchev–Trinajstić information content (AvgIpc) is 2.16. The molecule has 0 aromatic carbocycles. The average molecular weight is 222 g/mol. The molecule has 2 rings (SSSR count). The summed E-state index contributed by atoms with van der Waals surface area (Å²) >= 11 is 0. The normalized spacial score (nSPS) is 44.6. The summed E-state index contributed by atoms with van der Waals surface area (Å²) in [5.41, 5.74) is 1.65. The Labute approximate surface area is 99.9 Å². The maximum Gasteiger partial charge on any atom is 0.0641 e. The van der Waals surface area contributed by atoms with Gasteiger partial charge in [0, 0.05) is 5.92 Å². The molecular formula is C15H26O. The van der Waals surface area contributed by atoms with Crippen molar-refractivity contribution in [1.82, 2.24) is 0 Å². The maximum atomic E-state index is 10.6. The maximum absolute atomic E-state index is 10.6. The van der Waals surface area contributed by atoms with E-state index in [0.29, 0.717) is 23.2 Å². The fourth-order valence-corrected chi connectivity index (χ4v) is 4.10. The third-order valence-corrected chi connectivity index (χ3v) is 5.12. The van der Waals surface area contributed by atoms with Crippen molar-refractivity contribution in [3.63, 3.8) is 0 Å². The van der Waals surface area contributed by atoms with Crippen LogP contribution in [0, 0.1) is 23.2 Å². The molecule has 0 aliphatic heterocycles. The minimum Gasteiger partial charge on any atom is -0.392 e. The predicted molar refractivity (Wildman–Crippen MR) is 68.2 cm³/mol. The molecule has 92 valence electrons. The Kier molecular flexibility index (Phi) is 3.18. The van der Waals surface area contributed by atoms with E-state index in [0.717, 1.165) is 6.42 Å². The Hall–Kier alpha value is -0.300. The second kappa shape index (κ2) is 4.18. The molecule has 0 bridgehead atoms. The first-order chi connectivity index (χ1) is 7.46. The molecule has 0 spiro atoms. The van der Waals surface area contributed by atoms with E-state index in [1.54, 1.807) is 0 Å². The zero-order valence-electron chi connectivity index (χ0n) is 11.0. The zero-order chi connectivity index (χ0) is 11.9. The quantitative estimate of drug-likeness (QED) is 0.669. The second-order valence-electron chi connectivity index (χ2n) is 6.58. The van der Waals surface area contributed by atoms with Crippen LogP contribution in [-0.4, -0.2) is 11.2 Å². The van der Waals surface area contributed by atoms with Crippen LogP contribution in [0.5, 0.6) is 0 Å². The molecule has 0 aromatic heterocycles. The summed E-state index contributed by atoms with van der Waals surface area (Å²) in [7, 11) is 0. The first kappa shape index (κ1) is 12.2. The third kappa shape index (κ3) is 1.84. The molecule has 0 unspecified atom stereocenters. The van der Waals surface area contributed by atoms with Crippen LogP contribution in [0.15, 0.2) is 12.2 Å². The molecule has 1 heteroatoms. The van der Waals surface area contributed by atoms with Gasteiger partial charge in [-0.15, -0.1) is 0 Å². The fourth-order valence-electron chi connectivity index (χ4n) is 4.10. The largest absolute Gasteiger partial charge is 0.392 e. The van der Waals surface area contributed by atoms with Gasteiger partial charge in [-0.1, -0.05) is 32.9 Å². The summed E-state index contributed by atoms with van der Waals surface area (Å²) in [5.74, 6) is 1.43. The predicted octanol–water partition coefficient (Wildman–Crippen LogP) is 3.78. The summed E-state index contributed by atoms with van der Waals surface area (Å²) < 4.78 is 0. The van der Waals surface area contributed by atoms with Crippen LogP contribution < -0.4 is 0 Å². The van der Waals surface area contributed by atoms with Crippen LogP contribution in [0.2, 0.25) is 0 Å². The number of aliphatic hydroxyl groups excluding tert-OH is 1. The third-order valence-electron chi connectivity index (χ3n) is 5.12. The summed E-state index contributed by atoms with van der Waals surface area (Å²) in [6, 6.07) is 0. The Morgan fingerprint density at radius 1 is 1.38 bits per heavy atom. The molecule has 1 N–H and O–H groups in total. The van der Waals surface area contributed by atoms with Gasteiger partial charge in [-0.25, -0.2) is 0 Å². The van der Waals surface area contributed by atoms with Crippen molar-refractivity contribution in [2.45, 2.75) is 59.0 Å². The molecule has 1 nitrogen and oxygen atoms in total. The summed E-state index contributed by atoms with van der Waals surface area (Å²) in [5, 5.41) is 10.6. The van der Waals surface area contributed by atoms with Crippen LogP contribution in [0.25, 0.3) is 0 Å². The lowest BCUT2D eigenvalue weighted by Gasteiger charge is -2.52. The van der Waals surface area contributed by atoms with Gasteiger partial charge in [-0.05, 0) is 49.4 Å². The molecule has 4 atom stereocenters. The van der Waals surface area contributed by atoms with E-state index in [-0.39, 0.29) is 6.10 Å². The number of rotatable bonds is 1. The second-order valence-corrected chi connectivity index (χ2v) is 6.58. The molecule has 0 amide bonds. The van der Waals surface area contributed by atoms with Gasteiger partial charge in [0.25, 0.3) is 0 Å². The van der Waals surface area contributed by atoms with E-state index in [2.05, 4.69) is 27.4 Å². The van der Waals surface area contributed by atoms with E-state index in [1.165, 1.54) is 31.3 Å². The Morgan fingerprint density at radius 3 is 2.69 bits per heavy atom. The molecule has 0 saturated heterocycles. The highest BCUT2D eigenvalue weighted by Gasteiger charge is 2.48. The van der Waals surface area contributed by atoms with Crippen molar-refractivity contribution in [2.24, 2.45) is 23.2 Å². The number of hydrogen-bond acceptors (Lipinski definition) is 1. The number of aliphatic hydroxyl groups is 1. The first-order valence-corrected chi connectivity index (χ1v) is 6.81. The summed E-state index contributed by atoms with van der Waals surface area (Å²) in [6.07, 6.45) is 5.99. The van der Waals surface area contributed by atoms with Gasteiger partial charge < -0.3 is 5.11 Å². The highest BCUT2D eigenvalue weighted by molar-refractivity contribution is 5.15. The number of fused-ring (bicyclic) bond motifs is 1. The van der Waals surface area contributed by atoms with Crippen LogP contribution in [0.3, 0.4) is 0 Å². The van der Waals surface area contributed by atoms with Crippen molar-refractivity contribution >= 4 is 0 Å². The Bertz CT molecular complexity index is 281. The van der Waals surface area contributed by atoms with E-state index < -0.39 is 0 Å². The van der Waals surface area contributed by atoms with E-state index in [4.69, 9.17) is 0 Å². The van der Waals surface area contributed by atoms with Crippen LogP contribution in [0.1, 0.15) is 52.9 Å². The summed E-state index contributed by atoms with van der Waals surface area (Å²) in [6.45, 7) is 11.1. The van der Waals surface area contributed by atoms with Gasteiger partial charge >= 0.3 is 0 Å². The molecule has 16 heavy (non-hydrogen) atoms. The van der Waals surface area contributed by atoms with Crippen molar-refractivity contribution in [3.05, 3.63) is 12.2 Å². The molecule has 2 fully saturated rings. The van der Waals surface area contributed by atoms with Gasteiger partial charge in [0.05, 0.1) is 6.10 Å². The molecular weight excluding hydrogens is 196 g/mol. The molecule has 0 aromatic rings.